The molecule has 224 valence electrons. The number of rotatable bonds is 8. The van der Waals surface area contributed by atoms with Gasteiger partial charge in [0, 0.05) is 23.2 Å². The van der Waals surface area contributed by atoms with Crippen molar-refractivity contribution in [3.05, 3.63) is 106 Å². The lowest BCUT2D eigenvalue weighted by Crippen LogP contribution is -2.40. The topological polar surface area (TPSA) is 75.6 Å². The van der Waals surface area contributed by atoms with Gasteiger partial charge in [-0.1, -0.05) is 42.5 Å². The summed E-state index contributed by atoms with van der Waals surface area (Å²) in [5.74, 6) is -0.285. The van der Waals surface area contributed by atoms with Crippen molar-refractivity contribution in [3.8, 4) is 5.75 Å². The highest BCUT2D eigenvalue weighted by molar-refractivity contribution is 7.91. The monoisotopic (exact) mass is 623 g/mol. The van der Waals surface area contributed by atoms with E-state index < -0.39 is 49.2 Å². The minimum absolute atomic E-state index is 0.0867. The molecule has 2 unspecified atom stereocenters. The van der Waals surface area contributed by atoms with Crippen molar-refractivity contribution in [1.29, 1.82) is 0 Å². The van der Waals surface area contributed by atoms with Gasteiger partial charge < -0.3 is 15.2 Å². The fourth-order valence-electron chi connectivity index (χ4n) is 4.69. The number of aliphatic hydroxyl groups is 1. The molecule has 0 fully saturated rings. The number of nitrogens with one attached hydrogen (secondary N) is 1. The molecule has 1 aliphatic heterocycles. The maximum Gasteiger partial charge on any atom is 0.416 e. The molecule has 4 rings (SSSR count). The third kappa shape index (κ3) is 6.82. The van der Waals surface area contributed by atoms with Gasteiger partial charge in [0.15, 0.2) is 9.84 Å². The fourth-order valence-corrected chi connectivity index (χ4v) is 6.88. The Kier molecular flexibility index (Phi) is 8.83. The molecule has 2 N–H and O–H groups in total. The van der Waals surface area contributed by atoms with Crippen LogP contribution in [0, 0.1) is 5.82 Å². The number of sulfone groups is 1. The Labute approximate surface area is 247 Å². The molecular formula is C31H30ClF4NO4S. The van der Waals surface area contributed by atoms with Crippen molar-refractivity contribution in [3.63, 3.8) is 0 Å². The van der Waals surface area contributed by atoms with Gasteiger partial charge in [-0.15, -0.1) is 0 Å². The molecule has 0 radical (unpaired) electrons. The van der Waals surface area contributed by atoms with Crippen molar-refractivity contribution in [1.82, 2.24) is 5.32 Å². The lowest BCUT2D eigenvalue weighted by atomic mass is 9.97. The van der Waals surface area contributed by atoms with E-state index in [0.717, 1.165) is 18.2 Å². The number of ether oxygens (including phenoxy) is 1. The summed E-state index contributed by atoms with van der Waals surface area (Å²) in [6.07, 6.45) is -3.91. The molecule has 3 aromatic carbocycles. The first-order valence-corrected chi connectivity index (χ1v) is 14.9. The smallest absolute Gasteiger partial charge is 0.416 e. The fraction of sp³-hybridized carbons (Fsp3) is 0.290. The molecule has 1 aliphatic rings. The highest BCUT2D eigenvalue weighted by atomic mass is 35.5. The van der Waals surface area contributed by atoms with Crippen LogP contribution >= 0.6 is 11.6 Å². The summed E-state index contributed by atoms with van der Waals surface area (Å²) in [5, 5.41) is 12.1. The van der Waals surface area contributed by atoms with E-state index in [4.69, 9.17) is 16.3 Å². The standard InChI is InChI=1S/C31H30ClF4NO4S/c1-18(29-25(32)9-6-10-26(29)33)13-20-11-12-27-24(14-20)28(16-22(41-27)17-37-19(2)30(3,4)38)42(39,40)23-8-5-7-21(15-23)31(34,35)36/h5-15,22,28,37-38H,2,16-17H2,1,3-4H3/b18-13+. The number of fused-ring (bicyclic) bond motifs is 1. The first kappa shape index (κ1) is 31.6. The zero-order valence-electron chi connectivity index (χ0n) is 23.1. The first-order chi connectivity index (χ1) is 19.5. The van der Waals surface area contributed by atoms with Gasteiger partial charge in [-0.25, -0.2) is 12.8 Å². The minimum Gasteiger partial charge on any atom is -0.488 e. The lowest BCUT2D eigenvalue weighted by molar-refractivity contribution is -0.137. The SMILES string of the molecule is C=C(NCC1CC(S(=O)(=O)c2cccc(C(F)(F)F)c2)c2cc(/C=C(\C)c3c(F)cccc3Cl)ccc2O1)C(C)(C)O. The first-order valence-electron chi connectivity index (χ1n) is 13.0. The van der Waals surface area contributed by atoms with Crippen molar-refractivity contribution in [2.24, 2.45) is 0 Å². The van der Waals surface area contributed by atoms with Crippen LogP contribution in [0.3, 0.4) is 0 Å². The summed E-state index contributed by atoms with van der Waals surface area (Å²) in [4.78, 5) is -0.474. The van der Waals surface area contributed by atoms with Crippen LogP contribution in [-0.2, 0) is 16.0 Å². The van der Waals surface area contributed by atoms with E-state index in [1.54, 1.807) is 37.3 Å². The Hall–Kier alpha value is -3.34. The molecule has 42 heavy (non-hydrogen) atoms. The number of allylic oxidation sites excluding steroid dienone is 1. The largest absolute Gasteiger partial charge is 0.488 e. The molecular weight excluding hydrogens is 594 g/mol. The van der Waals surface area contributed by atoms with Gasteiger partial charge in [0.25, 0.3) is 0 Å². The van der Waals surface area contributed by atoms with Crippen LogP contribution in [0.5, 0.6) is 5.75 Å². The van der Waals surface area contributed by atoms with E-state index in [9.17, 15) is 31.1 Å². The number of benzene rings is 3. The molecule has 3 aromatic rings. The molecule has 0 amide bonds. The molecule has 0 saturated heterocycles. The maximum atomic E-state index is 14.5. The van der Waals surface area contributed by atoms with E-state index in [1.807, 2.05) is 0 Å². The molecule has 0 saturated carbocycles. The van der Waals surface area contributed by atoms with Crippen LogP contribution in [0.1, 0.15) is 54.7 Å². The predicted molar refractivity (Wildman–Crippen MR) is 155 cm³/mol. The van der Waals surface area contributed by atoms with E-state index >= 15 is 0 Å². The number of alkyl halides is 3. The van der Waals surface area contributed by atoms with E-state index in [0.29, 0.717) is 17.2 Å². The second kappa shape index (κ2) is 11.7. The predicted octanol–water partition coefficient (Wildman–Crippen LogP) is 7.60. The Bertz CT molecular complexity index is 1630. The summed E-state index contributed by atoms with van der Waals surface area (Å²) in [6.45, 7) is 8.61. The highest BCUT2D eigenvalue weighted by Crippen LogP contribution is 2.44. The third-order valence-electron chi connectivity index (χ3n) is 7.04. The minimum atomic E-state index is -4.73. The van der Waals surface area contributed by atoms with Crippen LogP contribution in [0.2, 0.25) is 5.02 Å². The van der Waals surface area contributed by atoms with E-state index in [1.165, 1.54) is 26.0 Å². The van der Waals surface area contributed by atoms with E-state index in [2.05, 4.69) is 11.9 Å². The van der Waals surface area contributed by atoms with Crippen LogP contribution in [0.4, 0.5) is 17.6 Å². The van der Waals surface area contributed by atoms with Crippen molar-refractivity contribution in [2.45, 2.75) is 55.2 Å². The number of hydrogen-bond acceptors (Lipinski definition) is 5. The second-order valence-corrected chi connectivity index (χ2v) is 13.2. The Morgan fingerprint density at radius 1 is 1.14 bits per heavy atom. The van der Waals surface area contributed by atoms with Crippen LogP contribution < -0.4 is 10.1 Å². The normalized spacial score (nSPS) is 17.8. The van der Waals surface area contributed by atoms with Gasteiger partial charge in [-0.05, 0) is 74.4 Å². The Balaban J connectivity index is 1.78. The van der Waals surface area contributed by atoms with Gasteiger partial charge >= 0.3 is 6.18 Å². The summed E-state index contributed by atoms with van der Waals surface area (Å²) in [7, 11) is -4.35. The number of hydrogen-bond donors (Lipinski definition) is 2. The van der Waals surface area contributed by atoms with Crippen LogP contribution in [0.15, 0.2) is 77.8 Å². The zero-order valence-corrected chi connectivity index (χ0v) is 24.7. The summed E-state index contributed by atoms with van der Waals surface area (Å²) < 4.78 is 88.8. The maximum absolute atomic E-state index is 14.5. The zero-order chi connectivity index (χ0) is 31.0. The van der Waals surface area contributed by atoms with Crippen LogP contribution in [-0.4, -0.2) is 31.8 Å². The Morgan fingerprint density at radius 3 is 2.48 bits per heavy atom. The molecule has 11 heteroatoms. The lowest BCUT2D eigenvalue weighted by Gasteiger charge is -2.33. The molecule has 0 bridgehead atoms. The number of halogens is 5. The molecule has 0 spiro atoms. The molecule has 0 aliphatic carbocycles. The van der Waals surface area contributed by atoms with E-state index in [-0.39, 0.29) is 40.6 Å². The second-order valence-electron chi connectivity index (χ2n) is 10.7. The summed E-state index contributed by atoms with van der Waals surface area (Å²) >= 11 is 6.21. The summed E-state index contributed by atoms with van der Waals surface area (Å²) in [5.41, 5.74) is -0.590. The van der Waals surface area contributed by atoms with Crippen molar-refractivity contribution < 1.29 is 35.8 Å². The van der Waals surface area contributed by atoms with Gasteiger partial charge in [-0.2, -0.15) is 13.2 Å². The Morgan fingerprint density at radius 2 is 1.83 bits per heavy atom. The van der Waals surface area contributed by atoms with Gasteiger partial charge in [0.2, 0.25) is 0 Å². The average molecular weight is 624 g/mol. The van der Waals surface area contributed by atoms with Gasteiger partial charge in [0.1, 0.15) is 17.7 Å². The average Bonchev–Trinajstić information content (AvgIpc) is 2.90. The van der Waals surface area contributed by atoms with Gasteiger partial charge in [0.05, 0.1) is 32.9 Å². The van der Waals surface area contributed by atoms with Crippen molar-refractivity contribution >= 4 is 33.1 Å². The van der Waals surface area contributed by atoms with Crippen LogP contribution in [0.25, 0.3) is 11.6 Å². The molecule has 0 aromatic heterocycles. The quantitative estimate of drug-likeness (QED) is 0.200. The van der Waals surface area contributed by atoms with Crippen molar-refractivity contribution in [2.75, 3.05) is 6.54 Å². The molecule has 1 heterocycles. The summed E-state index contributed by atoms with van der Waals surface area (Å²) in [6, 6.07) is 12.8. The third-order valence-corrected chi connectivity index (χ3v) is 9.46. The molecule has 2 atom stereocenters. The highest BCUT2D eigenvalue weighted by Gasteiger charge is 2.40. The molecule has 5 nitrogen and oxygen atoms in total. The van der Waals surface area contributed by atoms with Gasteiger partial charge in [-0.3, -0.25) is 0 Å².